The van der Waals surface area contributed by atoms with Gasteiger partial charge in [0.1, 0.15) is 12.4 Å². The van der Waals surface area contributed by atoms with E-state index in [1.54, 1.807) is 12.1 Å². The standard InChI is InChI=1S/C12H20N4O3/c1-8(2)19-12-9(13)3-4-11(16-12)15-5-6-18-7-10(14)17/h3-4,8H,5-7,13H2,1-2H3,(H2,14,17)(H,15,16). The number of hydrogen-bond donors (Lipinski definition) is 3. The smallest absolute Gasteiger partial charge is 0.243 e. The molecule has 0 radical (unpaired) electrons. The first-order chi connectivity index (χ1) is 8.99. The zero-order valence-electron chi connectivity index (χ0n) is 11.2. The fourth-order valence-electron chi connectivity index (χ4n) is 1.29. The monoisotopic (exact) mass is 268 g/mol. The number of carbonyl (C=O) groups excluding carboxylic acids is 1. The van der Waals surface area contributed by atoms with Crippen molar-refractivity contribution in [1.29, 1.82) is 0 Å². The summed E-state index contributed by atoms with van der Waals surface area (Å²) in [4.78, 5) is 14.7. The molecular weight excluding hydrogens is 248 g/mol. The van der Waals surface area contributed by atoms with E-state index in [4.69, 9.17) is 20.9 Å². The minimum atomic E-state index is -0.488. The highest BCUT2D eigenvalue weighted by Crippen LogP contribution is 2.21. The van der Waals surface area contributed by atoms with E-state index in [-0.39, 0.29) is 12.7 Å². The summed E-state index contributed by atoms with van der Waals surface area (Å²) in [7, 11) is 0. The molecular formula is C12H20N4O3. The van der Waals surface area contributed by atoms with Crippen molar-refractivity contribution in [1.82, 2.24) is 4.98 Å². The normalized spacial score (nSPS) is 10.5. The average Bonchev–Trinajstić information content (AvgIpc) is 2.31. The number of aromatic nitrogens is 1. The van der Waals surface area contributed by atoms with E-state index < -0.39 is 5.91 Å². The van der Waals surface area contributed by atoms with Crippen LogP contribution in [0.15, 0.2) is 12.1 Å². The number of carbonyl (C=O) groups is 1. The molecule has 0 aliphatic heterocycles. The highest BCUT2D eigenvalue weighted by atomic mass is 16.5. The lowest BCUT2D eigenvalue weighted by molar-refractivity contribution is -0.122. The fraction of sp³-hybridized carbons (Fsp3) is 0.500. The lowest BCUT2D eigenvalue weighted by Crippen LogP contribution is -2.20. The molecule has 1 heterocycles. The summed E-state index contributed by atoms with van der Waals surface area (Å²) in [5, 5.41) is 3.04. The van der Waals surface area contributed by atoms with Gasteiger partial charge in [-0.05, 0) is 26.0 Å². The maximum atomic E-state index is 10.5. The molecule has 0 bridgehead atoms. The molecule has 5 N–H and O–H groups in total. The quantitative estimate of drug-likeness (QED) is 0.587. The Bertz CT molecular complexity index is 423. The number of ether oxygens (including phenoxy) is 2. The topological polar surface area (TPSA) is 112 Å². The second-order valence-corrected chi connectivity index (χ2v) is 4.20. The van der Waals surface area contributed by atoms with Gasteiger partial charge in [-0.25, -0.2) is 0 Å². The number of nitrogens with two attached hydrogens (primary N) is 2. The first-order valence-corrected chi connectivity index (χ1v) is 6.02. The Morgan fingerprint density at radius 3 is 2.84 bits per heavy atom. The summed E-state index contributed by atoms with van der Waals surface area (Å²) in [6.45, 7) is 4.58. The van der Waals surface area contributed by atoms with Crippen LogP contribution in [0.1, 0.15) is 13.8 Å². The molecule has 0 aromatic carbocycles. The number of amides is 1. The molecule has 0 saturated carbocycles. The molecule has 1 rings (SSSR count). The molecule has 0 saturated heterocycles. The van der Waals surface area contributed by atoms with Crippen molar-refractivity contribution in [2.45, 2.75) is 20.0 Å². The summed E-state index contributed by atoms with van der Waals surface area (Å²) < 4.78 is 10.5. The number of nitrogens with one attached hydrogen (secondary N) is 1. The average molecular weight is 268 g/mol. The van der Waals surface area contributed by atoms with Gasteiger partial charge in [0.15, 0.2) is 0 Å². The van der Waals surface area contributed by atoms with Crippen LogP contribution in [0, 0.1) is 0 Å². The third kappa shape index (κ3) is 5.91. The maximum Gasteiger partial charge on any atom is 0.243 e. The SMILES string of the molecule is CC(C)Oc1nc(NCCOCC(N)=O)ccc1N. The van der Waals surface area contributed by atoms with Crippen molar-refractivity contribution in [3.63, 3.8) is 0 Å². The molecule has 0 aliphatic rings. The Hall–Kier alpha value is -2.02. The van der Waals surface area contributed by atoms with Crippen LogP contribution < -0.4 is 21.5 Å². The van der Waals surface area contributed by atoms with Crippen LogP contribution in [0.5, 0.6) is 5.88 Å². The lowest BCUT2D eigenvalue weighted by atomic mass is 10.4. The number of pyridine rings is 1. The summed E-state index contributed by atoms with van der Waals surface area (Å²) in [6.07, 6.45) is 0.00366. The number of anilines is 2. The van der Waals surface area contributed by atoms with Gasteiger partial charge in [-0.15, -0.1) is 0 Å². The van der Waals surface area contributed by atoms with Gasteiger partial charge < -0.3 is 26.3 Å². The van der Waals surface area contributed by atoms with Gasteiger partial charge in [-0.3, -0.25) is 4.79 Å². The summed E-state index contributed by atoms with van der Waals surface area (Å²) >= 11 is 0. The third-order valence-electron chi connectivity index (χ3n) is 2.03. The van der Waals surface area contributed by atoms with E-state index in [0.29, 0.717) is 30.5 Å². The number of hydrogen-bond acceptors (Lipinski definition) is 6. The first kappa shape index (κ1) is 15.0. The highest BCUT2D eigenvalue weighted by Gasteiger charge is 2.06. The molecule has 0 unspecified atom stereocenters. The van der Waals surface area contributed by atoms with Gasteiger partial charge in [-0.2, -0.15) is 4.98 Å². The third-order valence-corrected chi connectivity index (χ3v) is 2.03. The van der Waals surface area contributed by atoms with E-state index in [2.05, 4.69) is 10.3 Å². The van der Waals surface area contributed by atoms with Gasteiger partial charge in [0, 0.05) is 6.54 Å². The first-order valence-electron chi connectivity index (χ1n) is 6.02. The van der Waals surface area contributed by atoms with Gasteiger partial charge in [0.25, 0.3) is 0 Å². The molecule has 1 aromatic heterocycles. The molecule has 7 heteroatoms. The van der Waals surface area contributed by atoms with Gasteiger partial charge in [0.2, 0.25) is 11.8 Å². The minimum Gasteiger partial charge on any atom is -0.473 e. The number of rotatable bonds is 8. The Kier molecular flexibility index (Phi) is 5.87. The largest absolute Gasteiger partial charge is 0.473 e. The van der Waals surface area contributed by atoms with Crippen LogP contribution in [-0.4, -0.2) is 36.8 Å². The number of nitrogens with zero attached hydrogens (tertiary/aromatic N) is 1. The van der Waals surface area contributed by atoms with E-state index in [1.807, 2.05) is 13.8 Å². The maximum absolute atomic E-state index is 10.5. The minimum absolute atomic E-state index is 0.00366. The number of nitrogen functional groups attached to an aromatic ring is 1. The van der Waals surface area contributed by atoms with Gasteiger partial charge in [-0.1, -0.05) is 0 Å². The highest BCUT2D eigenvalue weighted by molar-refractivity contribution is 5.74. The lowest BCUT2D eigenvalue weighted by Gasteiger charge is -2.13. The van der Waals surface area contributed by atoms with Crippen molar-refractivity contribution >= 4 is 17.4 Å². The molecule has 1 aromatic rings. The van der Waals surface area contributed by atoms with Crippen molar-refractivity contribution in [2.24, 2.45) is 5.73 Å². The Morgan fingerprint density at radius 1 is 1.47 bits per heavy atom. The summed E-state index contributed by atoms with van der Waals surface area (Å²) in [5.74, 6) is 0.545. The molecule has 0 atom stereocenters. The molecule has 106 valence electrons. The van der Waals surface area contributed by atoms with Crippen LogP contribution in [0.3, 0.4) is 0 Å². The van der Waals surface area contributed by atoms with Crippen molar-refractivity contribution in [3.05, 3.63) is 12.1 Å². The van der Waals surface area contributed by atoms with E-state index in [0.717, 1.165) is 0 Å². The van der Waals surface area contributed by atoms with E-state index >= 15 is 0 Å². The zero-order chi connectivity index (χ0) is 14.3. The molecule has 7 nitrogen and oxygen atoms in total. The van der Waals surface area contributed by atoms with E-state index in [1.165, 1.54) is 0 Å². The Morgan fingerprint density at radius 2 is 2.21 bits per heavy atom. The second-order valence-electron chi connectivity index (χ2n) is 4.20. The molecule has 0 fully saturated rings. The van der Waals surface area contributed by atoms with Crippen LogP contribution in [0.25, 0.3) is 0 Å². The van der Waals surface area contributed by atoms with Crippen LogP contribution in [0.4, 0.5) is 11.5 Å². The van der Waals surface area contributed by atoms with Crippen LogP contribution in [0.2, 0.25) is 0 Å². The van der Waals surface area contributed by atoms with Crippen LogP contribution in [-0.2, 0) is 9.53 Å². The summed E-state index contributed by atoms with van der Waals surface area (Å²) in [5.41, 5.74) is 11.2. The molecule has 0 spiro atoms. The van der Waals surface area contributed by atoms with Crippen molar-refractivity contribution in [3.8, 4) is 5.88 Å². The van der Waals surface area contributed by atoms with Crippen LogP contribution >= 0.6 is 0 Å². The molecule has 1 amide bonds. The summed E-state index contributed by atoms with van der Waals surface area (Å²) in [6, 6.07) is 3.47. The number of primary amides is 1. The molecule has 0 aliphatic carbocycles. The van der Waals surface area contributed by atoms with Gasteiger partial charge in [0.05, 0.1) is 18.4 Å². The molecule has 19 heavy (non-hydrogen) atoms. The van der Waals surface area contributed by atoms with Crippen molar-refractivity contribution in [2.75, 3.05) is 30.8 Å². The van der Waals surface area contributed by atoms with Gasteiger partial charge >= 0.3 is 0 Å². The van der Waals surface area contributed by atoms with E-state index in [9.17, 15) is 4.79 Å². The Balaban J connectivity index is 2.43. The Labute approximate surface area is 112 Å². The second kappa shape index (κ2) is 7.42. The predicted molar refractivity (Wildman–Crippen MR) is 72.9 cm³/mol. The zero-order valence-corrected chi connectivity index (χ0v) is 11.2. The van der Waals surface area contributed by atoms with Crippen molar-refractivity contribution < 1.29 is 14.3 Å². The fourth-order valence-corrected chi connectivity index (χ4v) is 1.29. The predicted octanol–water partition coefficient (Wildman–Crippen LogP) is 0.365.